The van der Waals surface area contributed by atoms with Crippen LogP contribution >= 0.6 is 0 Å². The first-order chi connectivity index (χ1) is 7.79. The van der Waals surface area contributed by atoms with E-state index >= 15 is 0 Å². The summed E-state index contributed by atoms with van der Waals surface area (Å²) in [5.41, 5.74) is 1.68. The van der Waals surface area contributed by atoms with Crippen molar-refractivity contribution in [2.45, 2.75) is 26.0 Å². The van der Waals surface area contributed by atoms with Crippen molar-refractivity contribution < 1.29 is 5.11 Å². The summed E-state index contributed by atoms with van der Waals surface area (Å²) in [6.45, 7) is 2.53. The van der Waals surface area contributed by atoms with Crippen LogP contribution in [0.5, 0.6) is 0 Å². The van der Waals surface area contributed by atoms with Crippen LogP contribution in [0.2, 0.25) is 0 Å². The number of pyridine rings is 1. The van der Waals surface area contributed by atoms with Crippen molar-refractivity contribution in [3.63, 3.8) is 0 Å². The molecule has 0 bridgehead atoms. The smallest absolute Gasteiger partial charge is 0.111 e. The number of hydrogen-bond donors (Lipinski definition) is 1. The molecular weight excluding hydrogens is 204 g/mol. The van der Waals surface area contributed by atoms with Crippen molar-refractivity contribution in [1.29, 1.82) is 0 Å². The van der Waals surface area contributed by atoms with Gasteiger partial charge in [0.05, 0.1) is 18.8 Å². The van der Waals surface area contributed by atoms with Crippen LogP contribution in [0.1, 0.15) is 30.7 Å². The van der Waals surface area contributed by atoms with E-state index in [1.165, 1.54) is 0 Å². The summed E-state index contributed by atoms with van der Waals surface area (Å²) in [7, 11) is 0. The van der Waals surface area contributed by atoms with Gasteiger partial charge in [0.25, 0.3) is 0 Å². The van der Waals surface area contributed by atoms with Crippen molar-refractivity contribution in [2.24, 2.45) is 0 Å². The topological polar surface area (TPSA) is 63.8 Å². The molecule has 0 amide bonds. The van der Waals surface area contributed by atoms with Crippen LogP contribution in [0.3, 0.4) is 0 Å². The second-order valence-electron chi connectivity index (χ2n) is 3.63. The number of nitrogens with zero attached hydrogens (tertiary/aromatic N) is 4. The molecule has 1 unspecified atom stereocenters. The molecule has 16 heavy (non-hydrogen) atoms. The minimum absolute atomic E-state index is 0.525. The maximum absolute atomic E-state index is 9.58. The summed E-state index contributed by atoms with van der Waals surface area (Å²) in [6, 6.07) is 3.86. The Morgan fingerprint density at radius 1 is 1.50 bits per heavy atom. The fourth-order valence-corrected chi connectivity index (χ4v) is 1.43. The second kappa shape index (κ2) is 4.85. The maximum atomic E-state index is 9.58. The molecule has 0 aliphatic carbocycles. The van der Waals surface area contributed by atoms with Gasteiger partial charge in [-0.15, -0.1) is 5.10 Å². The highest BCUT2D eigenvalue weighted by atomic mass is 16.3. The van der Waals surface area contributed by atoms with Gasteiger partial charge in [0.2, 0.25) is 0 Å². The largest absolute Gasteiger partial charge is 0.387 e. The number of aromatic nitrogens is 4. The lowest BCUT2D eigenvalue weighted by molar-refractivity contribution is 0.168. The van der Waals surface area contributed by atoms with Crippen molar-refractivity contribution in [2.75, 3.05) is 0 Å². The Labute approximate surface area is 93.8 Å². The van der Waals surface area contributed by atoms with Crippen molar-refractivity contribution in [3.8, 4) is 0 Å². The van der Waals surface area contributed by atoms with Crippen molar-refractivity contribution >= 4 is 0 Å². The molecule has 0 radical (unpaired) electrons. The van der Waals surface area contributed by atoms with Crippen LogP contribution < -0.4 is 0 Å². The molecule has 0 aliphatic rings. The predicted octanol–water partition coefficient (Wildman–Crippen LogP) is 1.16. The monoisotopic (exact) mass is 218 g/mol. The Morgan fingerprint density at radius 2 is 2.38 bits per heavy atom. The lowest BCUT2D eigenvalue weighted by atomic mass is 10.2. The molecule has 2 heterocycles. The third kappa shape index (κ3) is 2.43. The van der Waals surface area contributed by atoms with Crippen LogP contribution in [0.15, 0.2) is 30.7 Å². The summed E-state index contributed by atoms with van der Waals surface area (Å²) in [6.07, 6.45) is 5.41. The van der Waals surface area contributed by atoms with E-state index in [4.69, 9.17) is 0 Å². The zero-order chi connectivity index (χ0) is 11.4. The Bertz CT molecular complexity index is 440. The van der Waals surface area contributed by atoms with E-state index < -0.39 is 6.10 Å². The highest BCUT2D eigenvalue weighted by Crippen LogP contribution is 2.12. The summed E-state index contributed by atoms with van der Waals surface area (Å²) in [5, 5.41) is 17.5. The molecule has 0 spiro atoms. The molecule has 1 atom stereocenters. The van der Waals surface area contributed by atoms with Crippen molar-refractivity contribution in [3.05, 3.63) is 42.0 Å². The minimum atomic E-state index is -0.525. The average molecular weight is 218 g/mol. The van der Waals surface area contributed by atoms with Gasteiger partial charge in [-0.1, -0.05) is 18.2 Å². The number of aliphatic hydroxyl groups excluding tert-OH is 1. The first kappa shape index (κ1) is 10.8. The molecule has 2 aromatic rings. The average Bonchev–Trinajstić information content (AvgIpc) is 2.78. The van der Waals surface area contributed by atoms with E-state index in [-0.39, 0.29) is 0 Å². The molecule has 0 aromatic carbocycles. The molecule has 84 valence electrons. The van der Waals surface area contributed by atoms with E-state index in [0.717, 1.165) is 5.56 Å². The normalized spacial score (nSPS) is 12.6. The highest BCUT2D eigenvalue weighted by Gasteiger charge is 2.09. The Kier molecular flexibility index (Phi) is 3.26. The molecule has 0 saturated heterocycles. The number of rotatable bonds is 4. The SMILES string of the molecule is CCC(O)c1cn(Cc2cccnc2)nn1. The van der Waals surface area contributed by atoms with Crippen LogP contribution in [0.4, 0.5) is 0 Å². The van der Waals surface area contributed by atoms with Crippen LogP contribution in [-0.2, 0) is 6.54 Å². The molecule has 0 aliphatic heterocycles. The van der Waals surface area contributed by atoms with E-state index in [1.54, 1.807) is 23.3 Å². The lowest BCUT2D eigenvalue weighted by Gasteiger charge is -2.01. The molecule has 0 fully saturated rings. The zero-order valence-electron chi connectivity index (χ0n) is 9.11. The zero-order valence-corrected chi connectivity index (χ0v) is 9.11. The van der Waals surface area contributed by atoms with E-state index in [9.17, 15) is 5.11 Å². The maximum Gasteiger partial charge on any atom is 0.111 e. The quantitative estimate of drug-likeness (QED) is 0.836. The minimum Gasteiger partial charge on any atom is -0.387 e. The van der Waals surface area contributed by atoms with Gasteiger partial charge in [0.1, 0.15) is 5.69 Å². The van der Waals surface area contributed by atoms with E-state index in [1.807, 2.05) is 19.1 Å². The highest BCUT2D eigenvalue weighted by molar-refractivity contribution is 5.09. The van der Waals surface area contributed by atoms with Gasteiger partial charge in [0.15, 0.2) is 0 Å². The first-order valence-electron chi connectivity index (χ1n) is 5.26. The van der Waals surface area contributed by atoms with Gasteiger partial charge >= 0.3 is 0 Å². The third-order valence-electron chi connectivity index (χ3n) is 2.35. The van der Waals surface area contributed by atoms with Crippen LogP contribution in [0.25, 0.3) is 0 Å². The van der Waals surface area contributed by atoms with Crippen molar-refractivity contribution in [1.82, 2.24) is 20.0 Å². The summed E-state index contributed by atoms with van der Waals surface area (Å²) in [5.74, 6) is 0. The van der Waals surface area contributed by atoms with E-state index in [0.29, 0.717) is 18.7 Å². The van der Waals surface area contributed by atoms with Gasteiger partial charge in [-0.3, -0.25) is 4.98 Å². The third-order valence-corrected chi connectivity index (χ3v) is 2.35. The Hall–Kier alpha value is -1.75. The van der Waals surface area contributed by atoms with Gasteiger partial charge < -0.3 is 5.11 Å². The number of aliphatic hydroxyl groups is 1. The van der Waals surface area contributed by atoms with Gasteiger partial charge in [0, 0.05) is 12.4 Å². The van der Waals surface area contributed by atoms with E-state index in [2.05, 4.69) is 15.3 Å². The summed E-state index contributed by atoms with van der Waals surface area (Å²) < 4.78 is 1.70. The molecule has 0 saturated carbocycles. The molecule has 5 nitrogen and oxygen atoms in total. The summed E-state index contributed by atoms with van der Waals surface area (Å²) in [4.78, 5) is 4.03. The predicted molar refractivity (Wildman–Crippen MR) is 58.6 cm³/mol. The molecule has 2 aromatic heterocycles. The Balaban J connectivity index is 2.09. The fourth-order valence-electron chi connectivity index (χ4n) is 1.43. The summed E-state index contributed by atoms with van der Waals surface area (Å²) >= 11 is 0. The van der Waals surface area contributed by atoms with Gasteiger partial charge in [-0.05, 0) is 18.1 Å². The van der Waals surface area contributed by atoms with Gasteiger partial charge in [-0.25, -0.2) is 4.68 Å². The molecule has 2 rings (SSSR count). The standard InChI is InChI=1S/C11H14N4O/c1-2-11(16)10-8-15(14-13-10)7-9-4-3-5-12-6-9/h3-6,8,11,16H,2,7H2,1H3. The number of hydrogen-bond acceptors (Lipinski definition) is 4. The lowest BCUT2D eigenvalue weighted by Crippen LogP contribution is -2.00. The molecule has 1 N–H and O–H groups in total. The van der Waals surface area contributed by atoms with Crippen LogP contribution in [-0.4, -0.2) is 25.1 Å². The van der Waals surface area contributed by atoms with Crippen LogP contribution in [0, 0.1) is 0 Å². The molecular formula is C11H14N4O. The Morgan fingerprint density at radius 3 is 3.06 bits per heavy atom. The fraction of sp³-hybridized carbons (Fsp3) is 0.364. The van der Waals surface area contributed by atoms with Gasteiger partial charge in [-0.2, -0.15) is 0 Å². The first-order valence-corrected chi connectivity index (χ1v) is 5.26. The second-order valence-corrected chi connectivity index (χ2v) is 3.63. The molecule has 5 heteroatoms.